The first kappa shape index (κ1) is 17.2. The smallest absolute Gasteiger partial charge is 0.281 e. The number of halogens is 2. The minimum atomic E-state index is -2.64. The number of nitrogens with zero attached hydrogens (tertiary/aromatic N) is 6. The Morgan fingerprint density at radius 3 is 2.80 bits per heavy atom. The first-order valence-electron chi connectivity index (χ1n) is 8.22. The highest BCUT2D eigenvalue weighted by atomic mass is 19.3. The highest BCUT2D eigenvalue weighted by Gasteiger charge is 2.21. The summed E-state index contributed by atoms with van der Waals surface area (Å²) in [6.45, 7) is 5.73. The lowest BCUT2D eigenvalue weighted by Crippen LogP contribution is -2.30. The van der Waals surface area contributed by atoms with Crippen LogP contribution < -0.4 is 4.90 Å². The number of aromatic nitrogens is 2. The van der Waals surface area contributed by atoms with Crippen molar-refractivity contribution < 1.29 is 8.78 Å². The zero-order chi connectivity index (χ0) is 17.6. The van der Waals surface area contributed by atoms with Gasteiger partial charge in [-0.05, 0) is 32.0 Å². The standard InChI is InChI=1S/C17H20F2N6/c1-20-11-14(25-10-7-21-13(12-25)16(18)19)17-22-6-5-15(23-17)24-8-3-2-4-9-24/h5-7,11-12,16H,1-4,8-10H2/b14-11-. The monoisotopic (exact) mass is 346 g/mol. The fraction of sp³-hybridized carbons (Fsp3) is 0.412. The first-order valence-corrected chi connectivity index (χ1v) is 8.22. The van der Waals surface area contributed by atoms with E-state index in [0.29, 0.717) is 18.1 Å². The van der Waals surface area contributed by atoms with Gasteiger partial charge in [0, 0.05) is 31.7 Å². The molecule has 0 aromatic carbocycles. The van der Waals surface area contributed by atoms with E-state index in [4.69, 9.17) is 0 Å². The van der Waals surface area contributed by atoms with E-state index in [0.717, 1.165) is 31.7 Å². The molecule has 0 bridgehead atoms. The Labute approximate surface area is 145 Å². The van der Waals surface area contributed by atoms with Gasteiger partial charge in [-0.1, -0.05) is 0 Å². The van der Waals surface area contributed by atoms with Crippen LogP contribution in [0.3, 0.4) is 0 Å². The van der Waals surface area contributed by atoms with E-state index in [-0.39, 0.29) is 5.70 Å². The van der Waals surface area contributed by atoms with Gasteiger partial charge in [0.2, 0.25) is 0 Å². The van der Waals surface area contributed by atoms with Gasteiger partial charge in [0.25, 0.3) is 6.43 Å². The van der Waals surface area contributed by atoms with Crippen molar-refractivity contribution in [2.45, 2.75) is 25.7 Å². The third-order valence-electron chi connectivity index (χ3n) is 4.10. The van der Waals surface area contributed by atoms with Gasteiger partial charge in [0.15, 0.2) is 5.82 Å². The molecule has 1 saturated heterocycles. The SMILES string of the molecule is C=N/C=C(/c1nccc(N2CCCCC2)n1)N1C=C(C(F)F)N=CC1. The van der Waals surface area contributed by atoms with Gasteiger partial charge >= 0.3 is 0 Å². The lowest BCUT2D eigenvalue weighted by Gasteiger charge is -2.28. The summed E-state index contributed by atoms with van der Waals surface area (Å²) < 4.78 is 25.9. The lowest BCUT2D eigenvalue weighted by atomic mass is 10.1. The van der Waals surface area contributed by atoms with E-state index >= 15 is 0 Å². The van der Waals surface area contributed by atoms with Crippen molar-refractivity contribution in [2.75, 3.05) is 24.5 Å². The van der Waals surface area contributed by atoms with Crippen LogP contribution in [0, 0.1) is 0 Å². The lowest BCUT2D eigenvalue weighted by molar-refractivity contribution is 0.185. The number of hydrogen-bond acceptors (Lipinski definition) is 6. The van der Waals surface area contributed by atoms with Crippen molar-refractivity contribution in [1.29, 1.82) is 0 Å². The molecule has 2 aliphatic heterocycles. The Morgan fingerprint density at radius 2 is 2.08 bits per heavy atom. The minimum absolute atomic E-state index is 0.298. The van der Waals surface area contributed by atoms with Crippen molar-refractivity contribution in [3.63, 3.8) is 0 Å². The third-order valence-corrected chi connectivity index (χ3v) is 4.10. The van der Waals surface area contributed by atoms with E-state index in [1.165, 1.54) is 25.0 Å². The molecule has 2 aliphatic rings. The fourth-order valence-corrected chi connectivity index (χ4v) is 2.88. The van der Waals surface area contributed by atoms with Crippen LogP contribution in [0.1, 0.15) is 25.1 Å². The van der Waals surface area contributed by atoms with Gasteiger partial charge in [-0.3, -0.25) is 9.98 Å². The molecule has 0 radical (unpaired) electrons. The highest BCUT2D eigenvalue weighted by Crippen LogP contribution is 2.24. The van der Waals surface area contributed by atoms with Crippen LogP contribution in [0.15, 0.2) is 40.3 Å². The summed E-state index contributed by atoms with van der Waals surface area (Å²) in [5.74, 6) is 1.26. The van der Waals surface area contributed by atoms with E-state index in [9.17, 15) is 8.78 Å². The summed E-state index contributed by atoms with van der Waals surface area (Å²) in [4.78, 5) is 20.3. The Hall–Kier alpha value is -2.64. The average Bonchev–Trinajstić information content (AvgIpc) is 2.67. The molecule has 1 aromatic rings. The Kier molecular flexibility index (Phi) is 5.47. The maximum absolute atomic E-state index is 13.0. The van der Waals surface area contributed by atoms with Crippen LogP contribution >= 0.6 is 0 Å². The molecular formula is C17H20F2N6. The molecule has 3 heterocycles. The number of aliphatic imine (C=N–C) groups is 2. The zero-order valence-corrected chi connectivity index (χ0v) is 13.9. The highest BCUT2D eigenvalue weighted by molar-refractivity contribution is 5.70. The molecule has 0 amide bonds. The summed E-state index contributed by atoms with van der Waals surface area (Å²) >= 11 is 0. The molecule has 3 rings (SSSR count). The van der Waals surface area contributed by atoms with Gasteiger partial charge < -0.3 is 9.80 Å². The van der Waals surface area contributed by atoms with E-state index < -0.39 is 6.43 Å². The summed E-state index contributed by atoms with van der Waals surface area (Å²) in [6.07, 6.45) is 6.77. The minimum Gasteiger partial charge on any atom is -0.357 e. The van der Waals surface area contributed by atoms with Gasteiger partial charge in [-0.15, -0.1) is 0 Å². The van der Waals surface area contributed by atoms with Crippen LogP contribution in [0.25, 0.3) is 5.70 Å². The third kappa shape index (κ3) is 4.07. The quantitative estimate of drug-likeness (QED) is 0.769. The molecule has 0 N–H and O–H groups in total. The summed E-state index contributed by atoms with van der Waals surface area (Å²) in [5, 5.41) is 0. The van der Waals surface area contributed by atoms with Crippen LogP contribution in [0.5, 0.6) is 0 Å². The summed E-state index contributed by atoms with van der Waals surface area (Å²) in [6, 6.07) is 1.87. The van der Waals surface area contributed by atoms with Crippen molar-refractivity contribution in [3.8, 4) is 0 Å². The van der Waals surface area contributed by atoms with Gasteiger partial charge in [0.05, 0.1) is 12.7 Å². The predicted octanol–water partition coefficient (Wildman–Crippen LogP) is 2.96. The maximum atomic E-state index is 13.0. The molecular weight excluding hydrogens is 326 g/mol. The number of allylic oxidation sites excluding steroid dienone is 1. The molecule has 0 spiro atoms. The van der Waals surface area contributed by atoms with E-state index in [1.807, 2.05) is 6.07 Å². The van der Waals surface area contributed by atoms with Gasteiger partial charge in [-0.2, -0.15) is 0 Å². The fourth-order valence-electron chi connectivity index (χ4n) is 2.88. The van der Waals surface area contributed by atoms with Gasteiger partial charge in [0.1, 0.15) is 17.2 Å². The molecule has 1 aromatic heterocycles. The van der Waals surface area contributed by atoms with E-state index in [1.54, 1.807) is 11.1 Å². The average molecular weight is 346 g/mol. The van der Waals surface area contributed by atoms with Crippen LogP contribution in [-0.4, -0.2) is 53.9 Å². The number of alkyl halides is 2. The van der Waals surface area contributed by atoms with Crippen LogP contribution in [0.2, 0.25) is 0 Å². The second kappa shape index (κ2) is 7.96. The normalized spacial score (nSPS) is 18.5. The zero-order valence-electron chi connectivity index (χ0n) is 13.9. The molecule has 1 fully saturated rings. The van der Waals surface area contributed by atoms with Crippen LogP contribution in [0.4, 0.5) is 14.6 Å². The van der Waals surface area contributed by atoms with Crippen LogP contribution in [-0.2, 0) is 0 Å². The van der Waals surface area contributed by atoms with Crippen molar-refractivity contribution >= 4 is 24.4 Å². The topological polar surface area (TPSA) is 57.0 Å². The number of hydrogen-bond donors (Lipinski definition) is 0. The Morgan fingerprint density at radius 1 is 1.28 bits per heavy atom. The molecule has 0 atom stereocenters. The van der Waals surface area contributed by atoms with Crippen molar-refractivity contribution in [2.24, 2.45) is 9.98 Å². The molecule has 8 heteroatoms. The van der Waals surface area contributed by atoms with E-state index in [2.05, 4.69) is 31.6 Å². The maximum Gasteiger partial charge on any atom is 0.281 e. The molecule has 0 unspecified atom stereocenters. The first-order chi connectivity index (χ1) is 12.2. The second-order valence-corrected chi connectivity index (χ2v) is 5.80. The second-order valence-electron chi connectivity index (χ2n) is 5.80. The molecule has 0 saturated carbocycles. The summed E-state index contributed by atoms with van der Waals surface area (Å²) in [7, 11) is 0. The molecule has 132 valence electrons. The Balaban J connectivity index is 1.90. The molecule has 25 heavy (non-hydrogen) atoms. The summed E-state index contributed by atoms with van der Waals surface area (Å²) in [5.41, 5.74) is 0.214. The predicted molar refractivity (Wildman–Crippen MR) is 94.9 cm³/mol. The number of piperidine rings is 1. The number of rotatable bonds is 5. The van der Waals surface area contributed by atoms with Crippen molar-refractivity contribution in [3.05, 3.63) is 36.2 Å². The largest absolute Gasteiger partial charge is 0.357 e. The van der Waals surface area contributed by atoms with Crippen molar-refractivity contribution in [1.82, 2.24) is 14.9 Å². The molecule has 0 aliphatic carbocycles. The number of anilines is 1. The molecule has 6 nitrogen and oxygen atoms in total. The van der Waals surface area contributed by atoms with Gasteiger partial charge in [-0.25, -0.2) is 18.7 Å². The Bertz CT molecular complexity index is 707.